The summed E-state index contributed by atoms with van der Waals surface area (Å²) in [5, 5.41) is 11.1. The fourth-order valence-electron chi connectivity index (χ4n) is 4.62. The van der Waals surface area contributed by atoms with Gasteiger partial charge in [0.15, 0.2) is 11.4 Å². The molecule has 3 heterocycles. The number of para-hydroxylation sites is 1. The van der Waals surface area contributed by atoms with Crippen molar-refractivity contribution in [3.8, 4) is 11.5 Å². The van der Waals surface area contributed by atoms with E-state index < -0.39 is 5.54 Å². The number of ether oxygens (including phenoxy) is 1. The molecule has 0 aromatic heterocycles. The molecule has 6 rings (SSSR count). The summed E-state index contributed by atoms with van der Waals surface area (Å²) >= 11 is 0. The van der Waals surface area contributed by atoms with Crippen molar-refractivity contribution in [2.75, 3.05) is 7.11 Å². The third-order valence-electron chi connectivity index (χ3n) is 6.12. The van der Waals surface area contributed by atoms with Crippen LogP contribution >= 0.6 is 0 Å². The van der Waals surface area contributed by atoms with E-state index in [9.17, 15) is 5.11 Å². The lowest BCUT2D eigenvalue weighted by atomic mass is 9.80. The predicted molar refractivity (Wildman–Crippen MR) is 126 cm³/mol. The Morgan fingerprint density at radius 1 is 1.00 bits per heavy atom. The van der Waals surface area contributed by atoms with Crippen molar-refractivity contribution >= 4 is 29.4 Å². The monoisotopic (exact) mass is 420 g/mol. The lowest BCUT2D eigenvalue weighted by Crippen LogP contribution is -2.42. The van der Waals surface area contributed by atoms with Crippen molar-refractivity contribution in [1.82, 2.24) is 4.90 Å². The molecule has 156 valence electrons. The van der Waals surface area contributed by atoms with Crippen LogP contribution in [-0.2, 0) is 5.54 Å². The number of hydrogen-bond acceptors (Lipinski definition) is 6. The molecule has 0 saturated carbocycles. The maximum atomic E-state index is 11.1. The molecule has 0 amide bonds. The molecule has 0 fully saturated rings. The molecule has 1 unspecified atom stereocenters. The number of aromatic hydroxyl groups is 1. The van der Waals surface area contributed by atoms with Gasteiger partial charge in [0.25, 0.3) is 0 Å². The van der Waals surface area contributed by atoms with Crippen LogP contribution in [0.2, 0.25) is 0 Å². The van der Waals surface area contributed by atoms with Crippen LogP contribution < -0.4 is 4.74 Å². The number of methoxy groups -OCH3 is 1. The summed E-state index contributed by atoms with van der Waals surface area (Å²) in [4.78, 5) is 16.8. The van der Waals surface area contributed by atoms with E-state index >= 15 is 0 Å². The zero-order valence-electron chi connectivity index (χ0n) is 17.6. The van der Waals surface area contributed by atoms with Gasteiger partial charge in [-0.1, -0.05) is 42.5 Å². The van der Waals surface area contributed by atoms with Crippen molar-refractivity contribution in [3.05, 3.63) is 95.1 Å². The first-order valence-electron chi connectivity index (χ1n) is 10.4. The van der Waals surface area contributed by atoms with Gasteiger partial charge in [0.05, 0.1) is 18.5 Å². The van der Waals surface area contributed by atoms with Crippen molar-refractivity contribution in [1.29, 1.82) is 0 Å². The van der Waals surface area contributed by atoms with Crippen molar-refractivity contribution in [2.45, 2.75) is 12.5 Å². The molecule has 0 bridgehead atoms. The first kappa shape index (κ1) is 18.6. The van der Waals surface area contributed by atoms with Crippen molar-refractivity contribution < 1.29 is 9.84 Å². The molecule has 1 atom stereocenters. The highest BCUT2D eigenvalue weighted by molar-refractivity contribution is 6.24. The number of allylic oxidation sites excluding steroid dienone is 1. The minimum Gasteiger partial charge on any atom is -0.508 e. The Labute approximate surface area is 185 Å². The Balaban J connectivity index is 1.70. The number of guanidine groups is 1. The molecule has 3 aliphatic heterocycles. The second-order valence-corrected chi connectivity index (χ2v) is 7.99. The summed E-state index contributed by atoms with van der Waals surface area (Å²) in [7, 11) is 1.64. The summed E-state index contributed by atoms with van der Waals surface area (Å²) in [6, 6.07) is 21.4. The lowest BCUT2D eigenvalue weighted by Gasteiger charge is -2.35. The van der Waals surface area contributed by atoms with Gasteiger partial charge in [-0.15, -0.1) is 0 Å². The van der Waals surface area contributed by atoms with Crippen LogP contribution in [0, 0.1) is 6.92 Å². The van der Waals surface area contributed by atoms with Crippen LogP contribution in [0.4, 0.5) is 5.69 Å². The van der Waals surface area contributed by atoms with Gasteiger partial charge < -0.3 is 9.84 Å². The third kappa shape index (κ3) is 2.43. The molecule has 6 nitrogen and oxygen atoms in total. The van der Waals surface area contributed by atoms with Crippen LogP contribution in [0.5, 0.6) is 11.5 Å². The van der Waals surface area contributed by atoms with Gasteiger partial charge in [0.1, 0.15) is 11.5 Å². The highest BCUT2D eigenvalue weighted by atomic mass is 16.5. The maximum absolute atomic E-state index is 11.1. The quantitative estimate of drug-likeness (QED) is 0.662. The molecule has 0 radical (unpaired) electrons. The molecule has 3 aliphatic rings. The van der Waals surface area contributed by atoms with Crippen molar-refractivity contribution in [2.24, 2.45) is 15.0 Å². The van der Waals surface area contributed by atoms with Crippen LogP contribution in [0.1, 0.15) is 22.3 Å². The summed E-state index contributed by atoms with van der Waals surface area (Å²) in [6.45, 7) is 1.95. The van der Waals surface area contributed by atoms with E-state index in [4.69, 9.17) is 14.7 Å². The normalized spacial score (nSPS) is 20.2. The van der Waals surface area contributed by atoms with E-state index in [1.807, 2.05) is 72.5 Å². The first-order valence-corrected chi connectivity index (χ1v) is 10.4. The largest absolute Gasteiger partial charge is 0.508 e. The Morgan fingerprint density at radius 3 is 2.59 bits per heavy atom. The average Bonchev–Trinajstić information content (AvgIpc) is 3.15. The van der Waals surface area contributed by atoms with Gasteiger partial charge in [0.2, 0.25) is 5.96 Å². The molecule has 1 N–H and O–H groups in total. The van der Waals surface area contributed by atoms with Gasteiger partial charge in [-0.3, -0.25) is 4.90 Å². The summed E-state index contributed by atoms with van der Waals surface area (Å²) < 4.78 is 5.37. The zero-order valence-corrected chi connectivity index (χ0v) is 17.6. The van der Waals surface area contributed by atoms with Gasteiger partial charge in [-0.05, 0) is 48.4 Å². The molecular weight excluding hydrogens is 400 g/mol. The predicted octanol–water partition coefficient (Wildman–Crippen LogP) is 4.79. The maximum Gasteiger partial charge on any atom is 0.232 e. The number of nitrogens with zero attached hydrogens (tertiary/aromatic N) is 4. The van der Waals surface area contributed by atoms with Crippen LogP contribution in [0.25, 0.3) is 5.70 Å². The fourth-order valence-corrected chi connectivity index (χ4v) is 4.62. The minimum absolute atomic E-state index is 0.168. The number of aryl methyl sites for hydroxylation is 1. The second kappa shape index (κ2) is 6.65. The highest BCUT2D eigenvalue weighted by Gasteiger charge is 2.53. The minimum atomic E-state index is -1.06. The number of hydrogen-bond donors (Lipinski definition) is 1. The Bertz CT molecular complexity index is 1390. The summed E-state index contributed by atoms with van der Waals surface area (Å²) in [5.41, 5.74) is 4.29. The van der Waals surface area contributed by atoms with Gasteiger partial charge >= 0.3 is 0 Å². The number of aliphatic imine (C=N–C) groups is 3. The average molecular weight is 420 g/mol. The Kier molecular flexibility index (Phi) is 3.86. The van der Waals surface area contributed by atoms with E-state index in [0.29, 0.717) is 17.4 Å². The number of phenolic OH excluding ortho intramolecular Hbond substituents is 1. The summed E-state index contributed by atoms with van der Waals surface area (Å²) in [6.07, 6.45) is 3.75. The fraction of sp³-hybridized carbons (Fsp3) is 0.115. The summed E-state index contributed by atoms with van der Waals surface area (Å²) in [5.74, 6) is 2.15. The molecule has 0 aliphatic carbocycles. The smallest absolute Gasteiger partial charge is 0.232 e. The number of benzene rings is 3. The number of amidine groups is 1. The lowest BCUT2D eigenvalue weighted by molar-refractivity contribution is 0.414. The molecular formula is C26H20N4O2. The van der Waals surface area contributed by atoms with Crippen molar-refractivity contribution in [3.63, 3.8) is 0 Å². The van der Waals surface area contributed by atoms with Crippen LogP contribution in [-0.4, -0.2) is 35.1 Å². The topological polar surface area (TPSA) is 69.8 Å². The first-order chi connectivity index (χ1) is 15.6. The number of fused-ring (bicyclic) bond motifs is 2. The molecule has 32 heavy (non-hydrogen) atoms. The van der Waals surface area contributed by atoms with E-state index in [1.54, 1.807) is 19.4 Å². The van der Waals surface area contributed by atoms with Crippen LogP contribution in [0.3, 0.4) is 0 Å². The van der Waals surface area contributed by atoms with E-state index in [-0.39, 0.29) is 5.75 Å². The zero-order chi connectivity index (χ0) is 21.9. The molecule has 3 aromatic rings. The van der Waals surface area contributed by atoms with Gasteiger partial charge in [-0.25, -0.2) is 15.0 Å². The third-order valence-corrected chi connectivity index (χ3v) is 6.12. The molecule has 0 spiro atoms. The highest BCUT2D eigenvalue weighted by Crippen LogP contribution is 2.50. The standard InChI is InChI=1S/C26H20N4O2/c1-16-7-12-20(23(31)15-16)26(17-8-10-18(32-2)11-9-17)24-28-21-6-4-3-5-19(21)22-13-14-27-25(29-26)30(22)24/h3-15,31H,1-2H3. The molecule has 6 heteroatoms. The Morgan fingerprint density at radius 2 is 1.81 bits per heavy atom. The Hall–Kier alpha value is -4.19. The van der Waals surface area contributed by atoms with Crippen LogP contribution in [0.15, 0.2) is 87.8 Å². The number of phenols is 1. The van der Waals surface area contributed by atoms with E-state index in [0.717, 1.165) is 33.8 Å². The SMILES string of the molecule is COc1ccc(C2(c3ccc(C)cc3O)N=C3N=CC=C4c5ccccc5N=C2N43)cc1. The number of rotatable bonds is 3. The van der Waals surface area contributed by atoms with Gasteiger partial charge in [0, 0.05) is 17.3 Å². The van der Waals surface area contributed by atoms with Gasteiger partial charge in [-0.2, -0.15) is 0 Å². The van der Waals surface area contributed by atoms with E-state index in [2.05, 4.69) is 11.1 Å². The molecule has 0 saturated heterocycles. The second-order valence-electron chi connectivity index (χ2n) is 7.99. The van der Waals surface area contributed by atoms with E-state index in [1.165, 1.54) is 0 Å². The molecule has 3 aromatic carbocycles.